The predicted molar refractivity (Wildman–Crippen MR) is 87.2 cm³/mol. The topological polar surface area (TPSA) is 92.3 Å². The van der Waals surface area contributed by atoms with E-state index in [0.29, 0.717) is 23.9 Å². The summed E-state index contributed by atoms with van der Waals surface area (Å²) in [7, 11) is 0. The van der Waals surface area contributed by atoms with Gasteiger partial charge in [0.25, 0.3) is 0 Å². The van der Waals surface area contributed by atoms with Crippen molar-refractivity contribution in [3.63, 3.8) is 0 Å². The Morgan fingerprint density at radius 1 is 1.17 bits per heavy atom. The van der Waals surface area contributed by atoms with Gasteiger partial charge in [-0.15, -0.1) is 10.2 Å². The van der Waals surface area contributed by atoms with Gasteiger partial charge in [0.05, 0.1) is 11.8 Å². The minimum atomic E-state index is -0.248. The maximum absolute atomic E-state index is 12.3. The summed E-state index contributed by atoms with van der Waals surface area (Å²) in [5, 5.41) is 12.2. The third-order valence-electron chi connectivity index (χ3n) is 4.77. The van der Waals surface area contributed by atoms with Crippen LogP contribution in [0.5, 0.6) is 0 Å². The number of likely N-dealkylation sites (tertiary alicyclic amines) is 1. The van der Waals surface area contributed by atoms with Crippen molar-refractivity contribution < 1.29 is 14.4 Å². The Kier molecular flexibility index (Phi) is 3.91. The molecule has 3 aliphatic rings. The van der Waals surface area contributed by atoms with Gasteiger partial charge in [-0.25, -0.2) is 0 Å². The molecular formula is C16H18N4O3S. The zero-order chi connectivity index (χ0) is 16.7. The van der Waals surface area contributed by atoms with E-state index in [1.807, 2.05) is 12.2 Å². The van der Waals surface area contributed by atoms with Crippen molar-refractivity contribution in [1.82, 2.24) is 15.1 Å². The highest BCUT2D eigenvalue weighted by molar-refractivity contribution is 7.15. The number of rotatable bonds is 5. The van der Waals surface area contributed by atoms with Crippen molar-refractivity contribution in [2.24, 2.45) is 11.8 Å². The fraction of sp³-hybridized carbons (Fsp3) is 0.562. The Hall–Kier alpha value is -2.09. The molecule has 2 aliphatic carbocycles. The number of imide groups is 1. The van der Waals surface area contributed by atoms with Crippen LogP contribution in [-0.4, -0.2) is 39.4 Å². The molecule has 0 radical (unpaired) electrons. The van der Waals surface area contributed by atoms with Crippen LogP contribution in [0.3, 0.4) is 0 Å². The molecule has 1 saturated heterocycles. The van der Waals surface area contributed by atoms with E-state index in [-0.39, 0.29) is 42.5 Å². The first-order chi connectivity index (χ1) is 11.6. The molecule has 1 saturated carbocycles. The van der Waals surface area contributed by atoms with Gasteiger partial charge in [-0.2, -0.15) is 0 Å². The molecule has 126 valence electrons. The lowest BCUT2D eigenvalue weighted by Crippen LogP contribution is -2.34. The van der Waals surface area contributed by atoms with Gasteiger partial charge in [-0.1, -0.05) is 23.5 Å². The van der Waals surface area contributed by atoms with Gasteiger partial charge in [0.1, 0.15) is 5.01 Å². The van der Waals surface area contributed by atoms with E-state index in [2.05, 4.69) is 15.5 Å². The molecule has 1 aromatic heterocycles. The fourth-order valence-corrected chi connectivity index (χ4v) is 4.19. The van der Waals surface area contributed by atoms with Gasteiger partial charge in [0.15, 0.2) is 0 Å². The van der Waals surface area contributed by atoms with E-state index < -0.39 is 0 Å². The Morgan fingerprint density at radius 2 is 1.83 bits per heavy atom. The third-order valence-corrected chi connectivity index (χ3v) is 5.78. The van der Waals surface area contributed by atoms with E-state index in [1.165, 1.54) is 16.2 Å². The minimum absolute atomic E-state index is 0.0860. The second kappa shape index (κ2) is 6.08. The van der Waals surface area contributed by atoms with Crippen molar-refractivity contribution in [3.8, 4) is 0 Å². The molecule has 7 nitrogen and oxygen atoms in total. The minimum Gasteiger partial charge on any atom is -0.300 e. The summed E-state index contributed by atoms with van der Waals surface area (Å²) in [6.45, 7) is 0.130. The van der Waals surface area contributed by atoms with Crippen LogP contribution in [0.15, 0.2) is 12.2 Å². The molecule has 0 spiro atoms. The van der Waals surface area contributed by atoms with Gasteiger partial charge in [-0.05, 0) is 25.7 Å². The molecule has 4 rings (SSSR count). The average molecular weight is 346 g/mol. The van der Waals surface area contributed by atoms with Gasteiger partial charge in [-0.3, -0.25) is 19.3 Å². The molecule has 0 aromatic carbocycles. The lowest BCUT2D eigenvalue weighted by atomic mass is 9.85. The standard InChI is InChI=1S/C16H18N4O3S/c21-12(17-16-19-18-13(24-16)9-5-6-9)7-8-20-14(22)10-3-1-2-4-11(10)15(20)23/h1-2,9-11H,3-8H2,(H,17,19,21)/t10-,11+. The summed E-state index contributed by atoms with van der Waals surface area (Å²) in [6.07, 6.45) is 7.50. The molecule has 2 heterocycles. The summed E-state index contributed by atoms with van der Waals surface area (Å²) in [4.78, 5) is 38.0. The largest absolute Gasteiger partial charge is 0.300 e. The molecule has 0 bridgehead atoms. The number of aromatic nitrogens is 2. The zero-order valence-corrected chi connectivity index (χ0v) is 13.9. The maximum Gasteiger partial charge on any atom is 0.233 e. The predicted octanol–water partition coefficient (Wildman–Crippen LogP) is 1.70. The Labute approximate surface area is 143 Å². The number of amides is 3. The van der Waals surface area contributed by atoms with Crippen molar-refractivity contribution in [1.29, 1.82) is 0 Å². The van der Waals surface area contributed by atoms with Gasteiger partial charge in [0.2, 0.25) is 22.9 Å². The normalized spacial score (nSPS) is 25.9. The summed E-state index contributed by atoms with van der Waals surface area (Å²) >= 11 is 1.40. The van der Waals surface area contributed by atoms with E-state index in [1.54, 1.807) is 0 Å². The van der Waals surface area contributed by atoms with Crippen LogP contribution < -0.4 is 5.32 Å². The maximum atomic E-state index is 12.3. The number of carbonyl (C=O) groups excluding carboxylic acids is 3. The molecule has 1 aromatic rings. The van der Waals surface area contributed by atoms with Crippen LogP contribution in [0.2, 0.25) is 0 Å². The number of anilines is 1. The van der Waals surface area contributed by atoms with Crippen LogP contribution in [0.25, 0.3) is 0 Å². The van der Waals surface area contributed by atoms with Crippen LogP contribution in [0.4, 0.5) is 5.13 Å². The number of hydrogen-bond donors (Lipinski definition) is 1. The van der Waals surface area contributed by atoms with E-state index in [4.69, 9.17) is 0 Å². The number of carbonyl (C=O) groups is 3. The second-order valence-electron chi connectivity index (χ2n) is 6.50. The molecule has 2 fully saturated rings. The van der Waals surface area contributed by atoms with Gasteiger partial charge >= 0.3 is 0 Å². The molecule has 1 aliphatic heterocycles. The average Bonchev–Trinajstić information content (AvgIpc) is 3.29. The molecule has 8 heteroatoms. The van der Waals surface area contributed by atoms with Gasteiger partial charge < -0.3 is 5.32 Å². The highest BCUT2D eigenvalue weighted by Gasteiger charge is 2.46. The molecule has 2 atom stereocenters. The quantitative estimate of drug-likeness (QED) is 0.647. The monoisotopic (exact) mass is 346 g/mol. The van der Waals surface area contributed by atoms with E-state index >= 15 is 0 Å². The first kappa shape index (κ1) is 15.4. The number of allylic oxidation sites excluding steroid dienone is 2. The van der Waals surface area contributed by atoms with Crippen LogP contribution in [0, 0.1) is 11.8 Å². The lowest BCUT2D eigenvalue weighted by molar-refractivity contribution is -0.140. The summed E-state index contributed by atoms with van der Waals surface area (Å²) in [5.41, 5.74) is 0. The summed E-state index contributed by atoms with van der Waals surface area (Å²) in [5.74, 6) is -0.514. The zero-order valence-electron chi connectivity index (χ0n) is 13.1. The van der Waals surface area contributed by atoms with E-state index in [0.717, 1.165) is 17.8 Å². The highest BCUT2D eigenvalue weighted by Crippen LogP contribution is 2.42. The number of nitrogens with one attached hydrogen (secondary N) is 1. The summed E-state index contributed by atoms with van der Waals surface area (Å²) < 4.78 is 0. The van der Waals surface area contributed by atoms with E-state index in [9.17, 15) is 14.4 Å². The first-order valence-corrected chi connectivity index (χ1v) is 9.08. The van der Waals surface area contributed by atoms with Crippen molar-refractivity contribution in [2.45, 2.75) is 38.0 Å². The molecule has 3 amide bonds. The Bertz CT molecular complexity index is 699. The van der Waals surface area contributed by atoms with Crippen molar-refractivity contribution >= 4 is 34.2 Å². The number of hydrogen-bond acceptors (Lipinski definition) is 6. The lowest BCUT2D eigenvalue weighted by Gasteiger charge is -2.14. The van der Waals surface area contributed by atoms with Crippen LogP contribution in [-0.2, 0) is 14.4 Å². The van der Waals surface area contributed by atoms with Gasteiger partial charge in [0, 0.05) is 18.9 Å². The van der Waals surface area contributed by atoms with Crippen molar-refractivity contribution in [3.05, 3.63) is 17.2 Å². The fourth-order valence-electron chi connectivity index (χ4n) is 3.26. The summed E-state index contributed by atoms with van der Waals surface area (Å²) in [6, 6.07) is 0. The van der Waals surface area contributed by atoms with Crippen LogP contribution in [0.1, 0.15) is 43.0 Å². The molecular weight excluding hydrogens is 328 g/mol. The smallest absolute Gasteiger partial charge is 0.233 e. The highest BCUT2D eigenvalue weighted by atomic mass is 32.1. The number of fused-ring (bicyclic) bond motifs is 1. The SMILES string of the molecule is O=C(CCN1C(=O)[C@H]2CC=CC[C@H]2C1=O)Nc1nnc(C2CC2)s1. The second-order valence-corrected chi connectivity index (χ2v) is 7.51. The third kappa shape index (κ3) is 2.86. The van der Waals surface area contributed by atoms with Crippen LogP contribution >= 0.6 is 11.3 Å². The van der Waals surface area contributed by atoms with Crippen molar-refractivity contribution in [2.75, 3.05) is 11.9 Å². The Balaban J connectivity index is 1.31. The number of nitrogens with zero attached hydrogens (tertiary/aromatic N) is 3. The molecule has 24 heavy (non-hydrogen) atoms. The molecule has 0 unspecified atom stereocenters. The Morgan fingerprint density at radius 3 is 2.46 bits per heavy atom. The first-order valence-electron chi connectivity index (χ1n) is 8.27. The molecule has 1 N–H and O–H groups in total.